The van der Waals surface area contributed by atoms with Crippen molar-refractivity contribution in [2.45, 2.75) is 19.4 Å². The summed E-state index contributed by atoms with van der Waals surface area (Å²) in [4.78, 5) is 24.5. The number of benzene rings is 1. The number of hydrogen-bond acceptors (Lipinski definition) is 4. The third-order valence-corrected chi connectivity index (χ3v) is 3.98. The molecular weight excluding hydrogens is 354 g/mol. The van der Waals surface area contributed by atoms with Crippen LogP contribution in [0.1, 0.15) is 12.0 Å². The molecule has 0 spiro atoms. The van der Waals surface area contributed by atoms with Gasteiger partial charge in [-0.05, 0) is 40.5 Å². The zero-order valence-electron chi connectivity index (χ0n) is 12.3. The van der Waals surface area contributed by atoms with Gasteiger partial charge in [-0.1, -0.05) is 6.07 Å². The van der Waals surface area contributed by atoms with Crippen LogP contribution in [-0.2, 0) is 14.3 Å². The number of carbonyl (C=O) groups is 2. The van der Waals surface area contributed by atoms with E-state index in [1.54, 1.807) is 0 Å². The maximum atomic E-state index is 12.1. The molecule has 1 atom stereocenters. The highest BCUT2D eigenvalue weighted by molar-refractivity contribution is 9.10. The Balaban J connectivity index is 1.81. The van der Waals surface area contributed by atoms with E-state index in [1.807, 2.05) is 25.1 Å². The molecule has 1 aliphatic heterocycles. The predicted molar refractivity (Wildman–Crippen MR) is 82.9 cm³/mol. The van der Waals surface area contributed by atoms with E-state index < -0.39 is 12.1 Å². The van der Waals surface area contributed by atoms with Gasteiger partial charge in [0.05, 0.1) is 30.7 Å². The number of carbonyl (C=O) groups excluding carboxylic acids is 1. The van der Waals surface area contributed by atoms with E-state index in [2.05, 4.69) is 15.9 Å². The maximum absolute atomic E-state index is 12.1. The third kappa shape index (κ3) is 4.45. The Bertz CT molecular complexity index is 563. The summed E-state index contributed by atoms with van der Waals surface area (Å²) >= 11 is 3.41. The van der Waals surface area contributed by atoms with Gasteiger partial charge in [0.1, 0.15) is 5.75 Å². The van der Waals surface area contributed by atoms with Crippen LogP contribution in [0, 0.1) is 6.92 Å². The van der Waals surface area contributed by atoms with E-state index >= 15 is 0 Å². The van der Waals surface area contributed by atoms with Crippen LogP contribution in [0.25, 0.3) is 0 Å². The van der Waals surface area contributed by atoms with Crippen molar-refractivity contribution >= 4 is 27.8 Å². The van der Waals surface area contributed by atoms with Crippen molar-refractivity contribution in [2.24, 2.45) is 0 Å². The van der Waals surface area contributed by atoms with Crippen LogP contribution in [0.15, 0.2) is 22.7 Å². The summed E-state index contributed by atoms with van der Waals surface area (Å²) in [6.07, 6.45) is -0.739. The first-order chi connectivity index (χ1) is 10.5. The molecule has 1 saturated heterocycles. The molecule has 1 aliphatic rings. The number of halogens is 1. The second-order valence-electron chi connectivity index (χ2n) is 5.07. The minimum absolute atomic E-state index is 0.0857. The zero-order valence-corrected chi connectivity index (χ0v) is 13.8. The monoisotopic (exact) mass is 371 g/mol. The maximum Gasteiger partial charge on any atom is 0.334 e. The topological polar surface area (TPSA) is 76.1 Å². The molecule has 120 valence electrons. The summed E-state index contributed by atoms with van der Waals surface area (Å²) in [5.74, 6) is -0.487. The largest absolute Gasteiger partial charge is 0.492 e. The Morgan fingerprint density at radius 2 is 2.27 bits per heavy atom. The van der Waals surface area contributed by atoms with Crippen LogP contribution in [0.4, 0.5) is 0 Å². The highest BCUT2D eigenvalue weighted by Gasteiger charge is 2.28. The standard InChI is InChI=1S/C15H18BrNO5/c1-10-2-3-12(11(16)8-10)21-6-4-14(18)17-5-7-22-13(9-17)15(19)20/h2-3,8,13H,4-7,9H2,1H3,(H,19,20). The number of carboxylic acid groups (broad SMARTS) is 1. The Hall–Kier alpha value is -1.60. The van der Waals surface area contributed by atoms with E-state index in [0.29, 0.717) is 12.3 Å². The first-order valence-electron chi connectivity index (χ1n) is 6.98. The highest BCUT2D eigenvalue weighted by atomic mass is 79.9. The van der Waals surface area contributed by atoms with Gasteiger partial charge in [0.15, 0.2) is 6.10 Å². The van der Waals surface area contributed by atoms with Crippen LogP contribution in [0.2, 0.25) is 0 Å². The lowest BCUT2D eigenvalue weighted by atomic mass is 10.2. The predicted octanol–water partition coefficient (Wildman–Crippen LogP) is 1.84. The van der Waals surface area contributed by atoms with Crippen molar-refractivity contribution in [1.82, 2.24) is 4.90 Å². The lowest BCUT2D eigenvalue weighted by molar-refractivity contribution is -0.159. The van der Waals surface area contributed by atoms with Gasteiger partial charge in [-0.15, -0.1) is 0 Å². The molecule has 22 heavy (non-hydrogen) atoms. The van der Waals surface area contributed by atoms with E-state index in [9.17, 15) is 9.59 Å². The molecule has 0 aromatic heterocycles. The second-order valence-corrected chi connectivity index (χ2v) is 5.92. The van der Waals surface area contributed by atoms with Crippen LogP contribution in [0.5, 0.6) is 5.75 Å². The zero-order chi connectivity index (χ0) is 16.1. The molecule has 1 heterocycles. The Morgan fingerprint density at radius 3 is 2.95 bits per heavy atom. The molecule has 1 amide bonds. The van der Waals surface area contributed by atoms with Gasteiger partial charge >= 0.3 is 5.97 Å². The lowest BCUT2D eigenvalue weighted by Crippen LogP contribution is -2.48. The van der Waals surface area contributed by atoms with Gasteiger partial charge in [-0.2, -0.15) is 0 Å². The van der Waals surface area contributed by atoms with Crippen molar-refractivity contribution in [3.8, 4) is 5.75 Å². The number of nitrogens with zero attached hydrogens (tertiary/aromatic N) is 1. The number of rotatable bonds is 5. The van der Waals surface area contributed by atoms with E-state index in [1.165, 1.54) is 4.90 Å². The molecule has 0 radical (unpaired) electrons. The number of morpholine rings is 1. The number of aliphatic carboxylic acids is 1. The first-order valence-corrected chi connectivity index (χ1v) is 7.78. The Kier molecular flexibility index (Phi) is 5.79. The number of ether oxygens (including phenoxy) is 2. The average molecular weight is 372 g/mol. The fraction of sp³-hybridized carbons (Fsp3) is 0.467. The van der Waals surface area contributed by atoms with Crippen molar-refractivity contribution in [2.75, 3.05) is 26.3 Å². The molecule has 0 bridgehead atoms. The normalized spacial score (nSPS) is 18.1. The van der Waals surface area contributed by atoms with Crippen molar-refractivity contribution in [1.29, 1.82) is 0 Å². The molecule has 2 rings (SSSR count). The second kappa shape index (κ2) is 7.60. The minimum Gasteiger partial charge on any atom is -0.492 e. The molecule has 1 aromatic rings. The first kappa shape index (κ1) is 16.8. The SMILES string of the molecule is Cc1ccc(OCCC(=O)N2CCOC(C(=O)O)C2)c(Br)c1. The number of aryl methyl sites for hydroxylation is 1. The molecular formula is C15H18BrNO5. The summed E-state index contributed by atoms with van der Waals surface area (Å²) < 4.78 is 11.5. The van der Waals surface area contributed by atoms with Crippen LogP contribution < -0.4 is 4.74 Å². The summed E-state index contributed by atoms with van der Waals surface area (Å²) in [6, 6.07) is 5.72. The van der Waals surface area contributed by atoms with Crippen LogP contribution in [-0.4, -0.2) is 54.3 Å². The molecule has 7 heteroatoms. The van der Waals surface area contributed by atoms with Gasteiger partial charge in [-0.3, -0.25) is 4.79 Å². The van der Waals surface area contributed by atoms with Gasteiger partial charge in [0.25, 0.3) is 0 Å². The fourth-order valence-electron chi connectivity index (χ4n) is 2.15. The van der Waals surface area contributed by atoms with Crippen LogP contribution in [0.3, 0.4) is 0 Å². The van der Waals surface area contributed by atoms with Crippen LogP contribution >= 0.6 is 15.9 Å². The van der Waals surface area contributed by atoms with Gasteiger partial charge < -0.3 is 19.5 Å². The third-order valence-electron chi connectivity index (χ3n) is 3.36. The fourth-order valence-corrected chi connectivity index (χ4v) is 2.76. The summed E-state index contributed by atoms with van der Waals surface area (Å²) in [6.45, 7) is 2.97. The molecule has 1 N–H and O–H groups in total. The number of hydrogen-bond donors (Lipinski definition) is 1. The Labute approximate surface area is 137 Å². The summed E-state index contributed by atoms with van der Waals surface area (Å²) in [5.41, 5.74) is 1.11. The van der Waals surface area contributed by atoms with Gasteiger partial charge in [0, 0.05) is 6.54 Å². The Morgan fingerprint density at radius 1 is 1.50 bits per heavy atom. The van der Waals surface area contributed by atoms with Crippen molar-refractivity contribution in [3.63, 3.8) is 0 Å². The number of carboxylic acids is 1. The molecule has 6 nitrogen and oxygen atoms in total. The number of amides is 1. The van der Waals surface area contributed by atoms with E-state index in [0.717, 1.165) is 10.0 Å². The quantitative estimate of drug-likeness (QED) is 0.854. The molecule has 0 saturated carbocycles. The highest BCUT2D eigenvalue weighted by Crippen LogP contribution is 2.25. The summed E-state index contributed by atoms with van der Waals surface area (Å²) in [7, 11) is 0. The summed E-state index contributed by atoms with van der Waals surface area (Å²) in [5, 5.41) is 8.92. The molecule has 1 fully saturated rings. The van der Waals surface area contributed by atoms with E-state index in [-0.39, 0.29) is 32.1 Å². The lowest BCUT2D eigenvalue weighted by Gasteiger charge is -2.30. The smallest absolute Gasteiger partial charge is 0.334 e. The van der Waals surface area contributed by atoms with Gasteiger partial charge in [-0.25, -0.2) is 4.79 Å². The van der Waals surface area contributed by atoms with E-state index in [4.69, 9.17) is 14.6 Å². The van der Waals surface area contributed by atoms with Crippen molar-refractivity contribution < 1.29 is 24.2 Å². The molecule has 1 unspecified atom stereocenters. The minimum atomic E-state index is -1.04. The van der Waals surface area contributed by atoms with Crippen molar-refractivity contribution in [3.05, 3.63) is 28.2 Å². The molecule has 1 aromatic carbocycles. The average Bonchev–Trinajstić information content (AvgIpc) is 2.49. The molecule has 0 aliphatic carbocycles. The van der Waals surface area contributed by atoms with Gasteiger partial charge in [0.2, 0.25) is 5.91 Å².